The van der Waals surface area contributed by atoms with Gasteiger partial charge in [0.25, 0.3) is 0 Å². The molecule has 0 aromatic heterocycles. The number of halogens is 2. The van der Waals surface area contributed by atoms with E-state index >= 15 is 0 Å². The second-order valence-corrected chi connectivity index (χ2v) is 3.70. The van der Waals surface area contributed by atoms with Crippen LogP contribution in [-0.2, 0) is 0 Å². The Kier molecular flexibility index (Phi) is 3.17. The average Bonchev–Trinajstić information content (AvgIpc) is 2.08. The fourth-order valence-corrected chi connectivity index (χ4v) is 1.29. The van der Waals surface area contributed by atoms with Crippen molar-refractivity contribution in [2.45, 2.75) is 0 Å². The highest BCUT2D eigenvalue weighted by molar-refractivity contribution is 9.10. The first-order chi connectivity index (χ1) is 6.02. The molecule has 1 amide bonds. The number of rotatable bonds is 1. The molecule has 0 saturated heterocycles. The fraction of sp³-hybridized carbons (Fsp3) is 0.125. The van der Waals surface area contributed by atoms with Gasteiger partial charge >= 0.3 is 6.09 Å². The second-order valence-electron chi connectivity index (χ2n) is 2.44. The van der Waals surface area contributed by atoms with E-state index in [2.05, 4.69) is 15.9 Å². The maximum absolute atomic E-state index is 10.6. The normalized spacial score (nSPS) is 9.77. The average molecular weight is 265 g/mol. The van der Waals surface area contributed by atoms with Gasteiger partial charge in [0.2, 0.25) is 0 Å². The van der Waals surface area contributed by atoms with Gasteiger partial charge in [-0.15, -0.1) is 0 Å². The number of benzene rings is 1. The van der Waals surface area contributed by atoms with Crippen LogP contribution in [-0.4, -0.2) is 18.2 Å². The van der Waals surface area contributed by atoms with Crippen molar-refractivity contribution in [3.05, 3.63) is 27.7 Å². The monoisotopic (exact) mass is 263 g/mol. The van der Waals surface area contributed by atoms with E-state index in [1.54, 1.807) is 18.2 Å². The van der Waals surface area contributed by atoms with Crippen molar-refractivity contribution in [3.8, 4) is 0 Å². The van der Waals surface area contributed by atoms with Crippen LogP contribution in [0.3, 0.4) is 0 Å². The van der Waals surface area contributed by atoms with Crippen LogP contribution in [0.4, 0.5) is 10.5 Å². The molecule has 0 heterocycles. The van der Waals surface area contributed by atoms with Gasteiger partial charge in [0.05, 0.1) is 5.02 Å². The van der Waals surface area contributed by atoms with Crippen LogP contribution in [0.25, 0.3) is 0 Å². The lowest BCUT2D eigenvalue weighted by atomic mass is 10.3. The summed E-state index contributed by atoms with van der Waals surface area (Å²) in [6.07, 6.45) is -1.01. The maximum Gasteiger partial charge on any atom is 0.411 e. The summed E-state index contributed by atoms with van der Waals surface area (Å²) in [7, 11) is 1.47. The molecule has 0 fully saturated rings. The van der Waals surface area contributed by atoms with Gasteiger partial charge in [-0.1, -0.05) is 11.6 Å². The molecule has 1 aromatic carbocycles. The summed E-state index contributed by atoms with van der Waals surface area (Å²) in [5.41, 5.74) is 0.573. The Morgan fingerprint density at radius 1 is 1.62 bits per heavy atom. The largest absolute Gasteiger partial charge is 0.465 e. The zero-order valence-electron chi connectivity index (χ0n) is 6.79. The molecule has 70 valence electrons. The number of anilines is 1. The van der Waals surface area contributed by atoms with E-state index in [1.807, 2.05) is 0 Å². The third kappa shape index (κ3) is 2.35. The van der Waals surface area contributed by atoms with Crippen molar-refractivity contribution >= 4 is 39.3 Å². The number of hydrogen-bond donors (Lipinski definition) is 1. The van der Waals surface area contributed by atoms with E-state index in [0.717, 1.165) is 4.90 Å². The molecule has 1 aromatic rings. The number of carboxylic acid groups (broad SMARTS) is 1. The molecular weight excluding hydrogens is 257 g/mol. The number of amides is 1. The number of carbonyl (C=O) groups is 1. The van der Waals surface area contributed by atoms with Gasteiger partial charge < -0.3 is 5.11 Å². The topological polar surface area (TPSA) is 40.5 Å². The lowest BCUT2D eigenvalue weighted by Gasteiger charge is -2.13. The van der Waals surface area contributed by atoms with Crippen LogP contribution in [0.2, 0.25) is 5.02 Å². The lowest BCUT2D eigenvalue weighted by molar-refractivity contribution is 0.203. The van der Waals surface area contributed by atoms with Crippen molar-refractivity contribution in [2.75, 3.05) is 11.9 Å². The van der Waals surface area contributed by atoms with Gasteiger partial charge in [0.15, 0.2) is 0 Å². The summed E-state index contributed by atoms with van der Waals surface area (Å²) < 4.78 is 0.680. The standard InChI is InChI=1S/C8H7BrClNO2/c1-11(8(12)13)5-2-3-7(10)6(9)4-5/h2-4H,1H3,(H,12,13). The molecule has 13 heavy (non-hydrogen) atoms. The second kappa shape index (κ2) is 3.98. The third-order valence-corrected chi connectivity index (χ3v) is 2.79. The minimum Gasteiger partial charge on any atom is -0.465 e. The highest BCUT2D eigenvalue weighted by Crippen LogP contribution is 2.26. The predicted molar refractivity (Wildman–Crippen MR) is 55.6 cm³/mol. The maximum atomic E-state index is 10.6. The Hall–Kier alpha value is -0.740. The summed E-state index contributed by atoms with van der Waals surface area (Å²) >= 11 is 8.96. The summed E-state index contributed by atoms with van der Waals surface area (Å²) in [6, 6.07) is 4.93. The van der Waals surface area contributed by atoms with Gasteiger partial charge in [-0.25, -0.2) is 4.79 Å². The van der Waals surface area contributed by atoms with Gasteiger partial charge in [0.1, 0.15) is 0 Å². The molecule has 1 rings (SSSR count). The zero-order chi connectivity index (χ0) is 10.0. The first kappa shape index (κ1) is 10.3. The summed E-state index contributed by atoms with van der Waals surface area (Å²) in [6.45, 7) is 0. The molecule has 0 bridgehead atoms. The summed E-state index contributed by atoms with van der Waals surface area (Å²) in [5.74, 6) is 0. The number of nitrogens with zero attached hydrogens (tertiary/aromatic N) is 1. The Morgan fingerprint density at radius 2 is 2.23 bits per heavy atom. The molecule has 0 saturated carbocycles. The molecule has 3 nitrogen and oxygen atoms in total. The molecule has 0 atom stereocenters. The molecule has 0 aliphatic carbocycles. The van der Waals surface area contributed by atoms with E-state index < -0.39 is 6.09 Å². The minimum absolute atomic E-state index is 0.558. The van der Waals surface area contributed by atoms with Crippen molar-refractivity contribution in [3.63, 3.8) is 0 Å². The molecule has 1 N–H and O–H groups in total. The predicted octanol–water partition coefficient (Wildman–Crippen LogP) is 3.22. The smallest absolute Gasteiger partial charge is 0.411 e. The lowest BCUT2D eigenvalue weighted by Crippen LogP contribution is -2.23. The van der Waals surface area contributed by atoms with Crippen LogP contribution in [0.1, 0.15) is 0 Å². The van der Waals surface area contributed by atoms with Crippen molar-refractivity contribution in [1.82, 2.24) is 0 Å². The SMILES string of the molecule is CN(C(=O)O)c1ccc(Cl)c(Br)c1. The molecule has 0 spiro atoms. The molecule has 0 radical (unpaired) electrons. The fourth-order valence-electron chi connectivity index (χ4n) is 0.804. The first-order valence-electron chi connectivity index (χ1n) is 3.44. The molecular formula is C8H7BrClNO2. The molecule has 0 aliphatic rings. The van der Waals surface area contributed by atoms with Gasteiger partial charge in [0, 0.05) is 17.2 Å². The highest BCUT2D eigenvalue weighted by atomic mass is 79.9. The van der Waals surface area contributed by atoms with Crippen LogP contribution in [0, 0.1) is 0 Å². The molecule has 0 aliphatic heterocycles. The van der Waals surface area contributed by atoms with E-state index in [9.17, 15) is 4.79 Å². The Morgan fingerprint density at radius 3 is 2.69 bits per heavy atom. The van der Waals surface area contributed by atoms with E-state index in [0.29, 0.717) is 15.2 Å². The highest BCUT2D eigenvalue weighted by Gasteiger charge is 2.09. The van der Waals surface area contributed by atoms with Crippen molar-refractivity contribution < 1.29 is 9.90 Å². The van der Waals surface area contributed by atoms with Gasteiger partial charge in [-0.2, -0.15) is 0 Å². The van der Waals surface area contributed by atoms with E-state index in [4.69, 9.17) is 16.7 Å². The zero-order valence-corrected chi connectivity index (χ0v) is 9.13. The van der Waals surface area contributed by atoms with Crippen LogP contribution >= 0.6 is 27.5 Å². The van der Waals surface area contributed by atoms with Crippen LogP contribution < -0.4 is 4.90 Å². The van der Waals surface area contributed by atoms with E-state index in [-0.39, 0.29) is 0 Å². The Bertz CT molecular complexity index is 343. The first-order valence-corrected chi connectivity index (χ1v) is 4.61. The summed E-state index contributed by atoms with van der Waals surface area (Å²) in [4.78, 5) is 11.7. The quantitative estimate of drug-likeness (QED) is 0.846. The number of hydrogen-bond acceptors (Lipinski definition) is 1. The Balaban J connectivity index is 3.03. The molecule has 0 unspecified atom stereocenters. The molecule has 5 heteroatoms. The van der Waals surface area contributed by atoms with Crippen LogP contribution in [0.5, 0.6) is 0 Å². The Labute approximate surface area is 89.0 Å². The van der Waals surface area contributed by atoms with Gasteiger partial charge in [-0.3, -0.25) is 4.90 Å². The van der Waals surface area contributed by atoms with Crippen molar-refractivity contribution in [2.24, 2.45) is 0 Å². The van der Waals surface area contributed by atoms with Crippen LogP contribution in [0.15, 0.2) is 22.7 Å². The van der Waals surface area contributed by atoms with Gasteiger partial charge in [-0.05, 0) is 34.1 Å². The summed E-state index contributed by atoms with van der Waals surface area (Å²) in [5, 5.41) is 9.23. The minimum atomic E-state index is -1.01. The third-order valence-electron chi connectivity index (χ3n) is 1.58. The van der Waals surface area contributed by atoms with Crippen molar-refractivity contribution in [1.29, 1.82) is 0 Å². The van der Waals surface area contributed by atoms with E-state index in [1.165, 1.54) is 7.05 Å².